The molecule has 7 heterocycles. The third kappa shape index (κ3) is 4.49. The summed E-state index contributed by atoms with van der Waals surface area (Å²) in [5, 5.41) is 4.88. The summed E-state index contributed by atoms with van der Waals surface area (Å²) in [6.07, 6.45) is 3.71. The topological polar surface area (TPSA) is 38.9 Å². The number of benzene rings is 5. The summed E-state index contributed by atoms with van der Waals surface area (Å²) in [6.45, 7) is 27.9. The van der Waals surface area contributed by atoms with Crippen LogP contribution in [0, 0.1) is 0 Å². The second-order valence-electron chi connectivity index (χ2n) is 21.9. The molecule has 0 spiro atoms. The minimum absolute atomic E-state index is 0.00660. The molecule has 6 heteroatoms. The van der Waals surface area contributed by atoms with Gasteiger partial charge in [0.05, 0.1) is 56.7 Å². The Bertz CT molecular complexity index is 3470. The molecule has 0 N–H and O–H groups in total. The fourth-order valence-electron chi connectivity index (χ4n) is 10.8. The standard InChI is InChI=1S/C54H52BN3O2/c1-51(2,3)29-13-17-33(18-14-29)56-39-20-16-31(53(7,8)9)27-36(39)55-37-28-32(54(10,11)12)26-35-34-25-30(52(4,5)6)15-19-38(34)58(45(35)37)48-43-46-42(47(56)44(48)55)49-40(21-23-59-49)57(46)41-22-24-60-50(41)43/h13-28H,1-12H3. The zero-order valence-corrected chi connectivity index (χ0v) is 37.0. The summed E-state index contributed by atoms with van der Waals surface area (Å²) < 4.78 is 18.3. The van der Waals surface area contributed by atoms with Crippen LogP contribution in [0.4, 0.5) is 17.1 Å². The maximum absolute atomic E-state index is 6.64. The van der Waals surface area contributed by atoms with Crippen LogP contribution in [0.25, 0.3) is 66.0 Å². The van der Waals surface area contributed by atoms with E-state index in [0.29, 0.717) is 0 Å². The Morgan fingerprint density at radius 3 is 1.62 bits per heavy atom. The first kappa shape index (κ1) is 36.0. The van der Waals surface area contributed by atoms with Gasteiger partial charge >= 0.3 is 0 Å². The predicted octanol–water partition coefficient (Wildman–Crippen LogP) is 12.9. The highest BCUT2D eigenvalue weighted by Gasteiger charge is 2.47. The fourth-order valence-corrected chi connectivity index (χ4v) is 10.8. The quantitative estimate of drug-likeness (QED) is 0.156. The van der Waals surface area contributed by atoms with Crippen molar-refractivity contribution in [3.05, 3.63) is 120 Å². The van der Waals surface area contributed by atoms with Gasteiger partial charge in [-0.1, -0.05) is 119 Å². The molecule has 0 saturated carbocycles. The van der Waals surface area contributed by atoms with Crippen molar-refractivity contribution in [2.45, 2.75) is 105 Å². The Kier molecular flexibility index (Phi) is 6.65. The van der Waals surface area contributed by atoms with E-state index < -0.39 is 0 Å². The van der Waals surface area contributed by atoms with E-state index in [2.05, 4.69) is 182 Å². The van der Waals surface area contributed by atoms with Gasteiger partial charge < -0.3 is 22.7 Å². The van der Waals surface area contributed by atoms with Crippen LogP contribution in [0.5, 0.6) is 0 Å². The second-order valence-corrected chi connectivity index (χ2v) is 21.9. The normalized spacial score (nSPS) is 14.6. The molecular formula is C54H52BN3O2. The summed E-state index contributed by atoms with van der Waals surface area (Å²) in [5.74, 6) is 0. The largest absolute Gasteiger partial charge is 0.462 e. The third-order valence-corrected chi connectivity index (χ3v) is 14.0. The molecule has 2 aliphatic rings. The van der Waals surface area contributed by atoms with Gasteiger partial charge in [0.2, 0.25) is 0 Å². The average Bonchev–Trinajstić information content (AvgIpc) is 4.00. The van der Waals surface area contributed by atoms with Gasteiger partial charge in [0.25, 0.3) is 6.71 Å². The van der Waals surface area contributed by atoms with Crippen molar-refractivity contribution < 1.29 is 8.83 Å². The summed E-state index contributed by atoms with van der Waals surface area (Å²) in [7, 11) is 0. The number of fused-ring (bicyclic) bond motifs is 15. The van der Waals surface area contributed by atoms with Crippen LogP contribution in [-0.4, -0.2) is 15.7 Å². The van der Waals surface area contributed by atoms with Gasteiger partial charge in [-0.05, 0) is 96.7 Å². The Labute approximate surface area is 352 Å². The zero-order chi connectivity index (χ0) is 41.7. The van der Waals surface area contributed by atoms with E-state index in [1.165, 1.54) is 77.5 Å². The van der Waals surface area contributed by atoms with Crippen LogP contribution in [0.15, 0.2) is 106 Å². The monoisotopic (exact) mass is 785 g/mol. The Morgan fingerprint density at radius 1 is 0.467 bits per heavy atom. The minimum Gasteiger partial charge on any atom is -0.462 e. The summed E-state index contributed by atoms with van der Waals surface area (Å²) in [6, 6.07) is 33.1. The molecule has 0 saturated heterocycles. The number of anilines is 3. The first-order valence-corrected chi connectivity index (χ1v) is 21.7. The molecule has 2 aliphatic heterocycles. The summed E-state index contributed by atoms with van der Waals surface area (Å²) >= 11 is 0. The van der Waals surface area contributed by atoms with Crippen molar-refractivity contribution in [1.29, 1.82) is 0 Å². The van der Waals surface area contributed by atoms with Crippen LogP contribution in [0.3, 0.4) is 0 Å². The number of hydrogen-bond acceptors (Lipinski definition) is 3. The number of hydrogen-bond donors (Lipinski definition) is 0. The highest BCUT2D eigenvalue weighted by atomic mass is 16.3. The molecule has 298 valence electrons. The average molecular weight is 786 g/mol. The van der Waals surface area contributed by atoms with Crippen molar-refractivity contribution in [1.82, 2.24) is 8.97 Å². The summed E-state index contributed by atoms with van der Waals surface area (Å²) in [5.41, 5.74) is 21.6. The molecule has 5 aromatic carbocycles. The number of rotatable bonds is 1. The van der Waals surface area contributed by atoms with E-state index in [0.717, 1.165) is 44.2 Å². The van der Waals surface area contributed by atoms with Gasteiger partial charge in [-0.2, -0.15) is 0 Å². The third-order valence-electron chi connectivity index (χ3n) is 14.0. The molecule has 0 fully saturated rings. The van der Waals surface area contributed by atoms with Gasteiger partial charge in [0.15, 0.2) is 11.2 Å². The number of furan rings is 2. The van der Waals surface area contributed by atoms with Gasteiger partial charge in [0.1, 0.15) is 0 Å². The summed E-state index contributed by atoms with van der Waals surface area (Å²) in [4.78, 5) is 2.56. The lowest BCUT2D eigenvalue weighted by molar-refractivity contribution is 0.590. The minimum atomic E-state index is -0.0753. The molecule has 5 aromatic heterocycles. The van der Waals surface area contributed by atoms with Crippen LogP contribution >= 0.6 is 0 Å². The molecule has 10 aromatic rings. The van der Waals surface area contributed by atoms with Gasteiger partial charge in [-0.15, -0.1) is 0 Å². The molecule has 5 nitrogen and oxygen atoms in total. The molecule has 60 heavy (non-hydrogen) atoms. The predicted molar refractivity (Wildman–Crippen MR) is 254 cm³/mol. The van der Waals surface area contributed by atoms with E-state index in [1.807, 2.05) is 12.5 Å². The maximum Gasteiger partial charge on any atom is 0.252 e. The molecule has 12 rings (SSSR count). The number of aromatic nitrogens is 2. The van der Waals surface area contributed by atoms with Crippen LogP contribution in [0.1, 0.15) is 105 Å². The van der Waals surface area contributed by atoms with Crippen molar-refractivity contribution in [3.63, 3.8) is 0 Å². The van der Waals surface area contributed by atoms with E-state index in [9.17, 15) is 0 Å². The molecule has 0 aliphatic carbocycles. The highest BCUT2D eigenvalue weighted by Crippen LogP contribution is 2.53. The van der Waals surface area contributed by atoms with Crippen molar-refractivity contribution >= 4 is 100 Å². The molecule has 0 atom stereocenters. The van der Waals surface area contributed by atoms with E-state index in [-0.39, 0.29) is 28.4 Å². The van der Waals surface area contributed by atoms with Crippen LogP contribution in [-0.2, 0) is 21.7 Å². The van der Waals surface area contributed by atoms with E-state index in [1.54, 1.807) is 0 Å². The Hall–Kier alpha value is -5.88. The Morgan fingerprint density at radius 2 is 1.00 bits per heavy atom. The maximum atomic E-state index is 6.64. The first-order valence-electron chi connectivity index (χ1n) is 21.7. The first-order chi connectivity index (χ1) is 28.3. The van der Waals surface area contributed by atoms with E-state index >= 15 is 0 Å². The second kappa shape index (κ2) is 11.1. The van der Waals surface area contributed by atoms with Crippen LogP contribution < -0.4 is 21.3 Å². The smallest absolute Gasteiger partial charge is 0.252 e. The lowest BCUT2D eigenvalue weighted by Gasteiger charge is -2.42. The van der Waals surface area contributed by atoms with Gasteiger partial charge in [-0.3, -0.25) is 0 Å². The molecule has 0 amide bonds. The molecule has 0 unspecified atom stereocenters. The van der Waals surface area contributed by atoms with Gasteiger partial charge in [-0.25, -0.2) is 0 Å². The van der Waals surface area contributed by atoms with Crippen molar-refractivity contribution in [2.24, 2.45) is 0 Å². The van der Waals surface area contributed by atoms with Crippen molar-refractivity contribution in [3.8, 4) is 5.69 Å². The lowest BCUT2D eigenvalue weighted by atomic mass is 9.33. The van der Waals surface area contributed by atoms with E-state index in [4.69, 9.17) is 8.83 Å². The SMILES string of the molecule is CC(C)(C)c1ccc(N2c3ccc(C(C)(C)C)cc3B3c4c2c2c5occc5n5c6ccoc6c(c4-n4c6ccc(C(C)(C)C)cc6c6cc(C(C)(C)C)cc3c64)c25)cc1. The molecular weight excluding hydrogens is 733 g/mol. The molecule has 0 bridgehead atoms. The fraction of sp³-hybridized carbons (Fsp3) is 0.296. The number of nitrogens with zero attached hydrogens (tertiary/aromatic N) is 3. The van der Waals surface area contributed by atoms with Gasteiger partial charge in [0, 0.05) is 39.8 Å². The Balaban J connectivity index is 1.36. The van der Waals surface area contributed by atoms with Crippen molar-refractivity contribution in [2.75, 3.05) is 4.90 Å². The lowest BCUT2D eigenvalue weighted by Crippen LogP contribution is -2.61. The highest BCUT2D eigenvalue weighted by molar-refractivity contribution is 7.01. The molecule has 0 radical (unpaired) electrons. The zero-order valence-electron chi connectivity index (χ0n) is 37.0. The van der Waals surface area contributed by atoms with Crippen LogP contribution in [0.2, 0.25) is 0 Å².